The number of phenols is 1. The van der Waals surface area contributed by atoms with Crippen LogP contribution in [0.4, 0.5) is 10.5 Å². The summed E-state index contributed by atoms with van der Waals surface area (Å²) in [5.41, 5.74) is 4.37. The van der Waals surface area contributed by atoms with Crippen molar-refractivity contribution >= 4 is 22.7 Å². The largest absolute Gasteiger partial charge is 0.506 e. The molecule has 1 aliphatic rings. The van der Waals surface area contributed by atoms with E-state index < -0.39 is 12.2 Å². The number of hydrogen-bond acceptors (Lipinski definition) is 8. The zero-order chi connectivity index (χ0) is 34.0. The second-order valence-corrected chi connectivity index (χ2v) is 12.3. The molecule has 5 N–H and O–H groups in total. The third-order valence-electron chi connectivity index (χ3n) is 8.78. The number of likely N-dealkylation sites (tertiary alicyclic amines) is 1. The van der Waals surface area contributed by atoms with E-state index in [0.29, 0.717) is 36.2 Å². The first kappa shape index (κ1) is 33.7. The number of aromatic amines is 1. The van der Waals surface area contributed by atoms with Crippen LogP contribution in [-0.4, -0.2) is 65.1 Å². The molecule has 1 aromatic heterocycles. The number of benzene rings is 4. The Morgan fingerprint density at radius 2 is 1.73 bits per heavy atom. The van der Waals surface area contributed by atoms with E-state index in [1.54, 1.807) is 12.1 Å². The Morgan fingerprint density at radius 1 is 0.939 bits per heavy atom. The first-order valence-electron chi connectivity index (χ1n) is 16.7. The quantitative estimate of drug-likeness (QED) is 0.0940. The number of carbonyl (C=O) groups is 1. The van der Waals surface area contributed by atoms with Crippen molar-refractivity contribution in [2.24, 2.45) is 0 Å². The molecule has 5 aromatic rings. The molecular formula is C39H42N4O6. The molecule has 0 spiro atoms. The molecule has 2 heterocycles. The van der Waals surface area contributed by atoms with Gasteiger partial charge >= 0.3 is 6.09 Å². The molecule has 1 fully saturated rings. The van der Waals surface area contributed by atoms with Gasteiger partial charge in [0.05, 0.1) is 23.9 Å². The smallest absolute Gasteiger partial charge is 0.411 e. The highest BCUT2D eigenvalue weighted by atomic mass is 16.6. The number of phenolic OH excluding ortho intramolecular Hbond substituents is 1. The van der Waals surface area contributed by atoms with Crippen molar-refractivity contribution in [2.45, 2.75) is 38.0 Å². The molecule has 1 amide bonds. The summed E-state index contributed by atoms with van der Waals surface area (Å²) in [5.74, 6) is 0.756. The summed E-state index contributed by atoms with van der Waals surface area (Å²) in [6.07, 6.45) is 1.10. The zero-order valence-electron chi connectivity index (χ0n) is 27.3. The lowest BCUT2D eigenvalue weighted by Gasteiger charge is -2.31. The number of fused-ring (bicyclic) bond motifs is 1. The number of H-pyrrole nitrogens is 1. The Kier molecular flexibility index (Phi) is 11.2. The van der Waals surface area contributed by atoms with Crippen LogP contribution in [0.3, 0.4) is 0 Å². The van der Waals surface area contributed by atoms with Crippen molar-refractivity contribution in [1.29, 1.82) is 0 Å². The van der Waals surface area contributed by atoms with Gasteiger partial charge in [-0.15, -0.1) is 0 Å². The first-order valence-corrected chi connectivity index (χ1v) is 16.7. The number of para-hydroxylation sites is 1. The van der Waals surface area contributed by atoms with Gasteiger partial charge in [-0.3, -0.25) is 10.1 Å². The number of amides is 1. The van der Waals surface area contributed by atoms with Gasteiger partial charge in [-0.1, -0.05) is 66.7 Å². The van der Waals surface area contributed by atoms with Crippen molar-refractivity contribution < 1.29 is 24.5 Å². The molecule has 4 aromatic carbocycles. The molecule has 254 valence electrons. The molecule has 49 heavy (non-hydrogen) atoms. The van der Waals surface area contributed by atoms with Gasteiger partial charge in [-0.2, -0.15) is 0 Å². The SMILES string of the molecule is O=C(Nc1ccccc1-c1ccccc1)OC1CCN(CCCOc2cccc(CNCC(O)c3ccc(O)c4[nH]c(=O)ccc34)c2)CC1. The van der Waals surface area contributed by atoms with Crippen LogP contribution in [0.25, 0.3) is 22.0 Å². The fourth-order valence-electron chi connectivity index (χ4n) is 6.24. The van der Waals surface area contributed by atoms with Crippen LogP contribution in [0.15, 0.2) is 108 Å². The number of pyridine rings is 1. The maximum Gasteiger partial charge on any atom is 0.411 e. The second kappa shape index (κ2) is 16.3. The van der Waals surface area contributed by atoms with Gasteiger partial charge in [0, 0.05) is 49.7 Å². The molecule has 0 radical (unpaired) electrons. The molecule has 0 aliphatic carbocycles. The van der Waals surface area contributed by atoms with E-state index in [9.17, 15) is 19.8 Å². The summed E-state index contributed by atoms with van der Waals surface area (Å²) < 4.78 is 11.8. The summed E-state index contributed by atoms with van der Waals surface area (Å²) in [7, 11) is 0. The fourth-order valence-corrected chi connectivity index (χ4v) is 6.24. The number of nitrogens with zero attached hydrogens (tertiary/aromatic N) is 1. The lowest BCUT2D eigenvalue weighted by atomic mass is 10.0. The highest BCUT2D eigenvalue weighted by molar-refractivity contribution is 5.91. The lowest BCUT2D eigenvalue weighted by Crippen LogP contribution is -2.39. The number of carbonyl (C=O) groups excluding carboxylic acids is 1. The van der Waals surface area contributed by atoms with Gasteiger partial charge in [-0.05, 0) is 66.3 Å². The van der Waals surface area contributed by atoms with Crippen LogP contribution in [0.1, 0.15) is 36.5 Å². The minimum atomic E-state index is -0.829. The molecule has 0 saturated carbocycles. The minimum absolute atomic E-state index is 0.0358. The van der Waals surface area contributed by atoms with Crippen LogP contribution in [-0.2, 0) is 11.3 Å². The number of aliphatic hydroxyl groups excluding tert-OH is 1. The van der Waals surface area contributed by atoms with Crippen LogP contribution < -0.4 is 20.9 Å². The summed E-state index contributed by atoms with van der Waals surface area (Å²) in [6, 6.07) is 31.7. The Balaban J connectivity index is 0.884. The van der Waals surface area contributed by atoms with E-state index >= 15 is 0 Å². The predicted molar refractivity (Wildman–Crippen MR) is 191 cm³/mol. The molecule has 10 heteroatoms. The highest BCUT2D eigenvalue weighted by Gasteiger charge is 2.22. The van der Waals surface area contributed by atoms with E-state index in [1.807, 2.05) is 78.9 Å². The number of aliphatic hydroxyl groups is 1. The van der Waals surface area contributed by atoms with E-state index in [2.05, 4.69) is 20.5 Å². The topological polar surface area (TPSA) is 136 Å². The van der Waals surface area contributed by atoms with Crippen molar-refractivity contribution in [3.05, 3.63) is 125 Å². The molecule has 1 atom stereocenters. The van der Waals surface area contributed by atoms with Gasteiger partial charge in [-0.25, -0.2) is 4.79 Å². The second-order valence-electron chi connectivity index (χ2n) is 12.3. The lowest BCUT2D eigenvalue weighted by molar-refractivity contribution is 0.0575. The zero-order valence-corrected chi connectivity index (χ0v) is 27.3. The number of aromatic hydroxyl groups is 1. The minimum Gasteiger partial charge on any atom is -0.506 e. The Labute approximate surface area is 285 Å². The number of rotatable bonds is 13. The average Bonchev–Trinajstić information content (AvgIpc) is 3.12. The van der Waals surface area contributed by atoms with E-state index in [4.69, 9.17) is 9.47 Å². The van der Waals surface area contributed by atoms with Gasteiger partial charge in [0.1, 0.15) is 17.6 Å². The molecule has 0 bridgehead atoms. The van der Waals surface area contributed by atoms with E-state index in [1.165, 1.54) is 12.1 Å². The third-order valence-corrected chi connectivity index (χ3v) is 8.78. The number of aromatic nitrogens is 1. The maximum atomic E-state index is 12.7. The Morgan fingerprint density at radius 3 is 2.57 bits per heavy atom. The van der Waals surface area contributed by atoms with Crippen molar-refractivity contribution in [3.63, 3.8) is 0 Å². The summed E-state index contributed by atoms with van der Waals surface area (Å²) in [5, 5.41) is 27.8. The maximum absolute atomic E-state index is 12.7. The van der Waals surface area contributed by atoms with Crippen LogP contribution in [0.5, 0.6) is 11.5 Å². The van der Waals surface area contributed by atoms with Crippen LogP contribution in [0, 0.1) is 0 Å². The van der Waals surface area contributed by atoms with Crippen molar-refractivity contribution in [3.8, 4) is 22.6 Å². The third kappa shape index (κ3) is 9.05. The van der Waals surface area contributed by atoms with E-state index in [-0.39, 0.29) is 17.4 Å². The van der Waals surface area contributed by atoms with Gasteiger partial charge in [0.15, 0.2) is 0 Å². The number of hydrogen-bond donors (Lipinski definition) is 5. The monoisotopic (exact) mass is 662 g/mol. The fraction of sp³-hybridized carbons (Fsp3) is 0.282. The van der Waals surface area contributed by atoms with Crippen molar-refractivity contribution in [1.82, 2.24) is 15.2 Å². The summed E-state index contributed by atoms with van der Waals surface area (Å²) in [6.45, 7) is 4.05. The van der Waals surface area contributed by atoms with Crippen LogP contribution >= 0.6 is 0 Å². The molecule has 6 rings (SSSR count). The Hall–Kier alpha value is -5.16. The molecule has 1 unspecified atom stereocenters. The van der Waals surface area contributed by atoms with Crippen molar-refractivity contribution in [2.75, 3.05) is 38.1 Å². The van der Waals surface area contributed by atoms with Crippen LogP contribution in [0.2, 0.25) is 0 Å². The van der Waals surface area contributed by atoms with Gasteiger partial charge in [0.25, 0.3) is 0 Å². The Bertz CT molecular complexity index is 1910. The first-order chi connectivity index (χ1) is 23.9. The van der Waals surface area contributed by atoms with E-state index in [0.717, 1.165) is 67.0 Å². The standard InChI is InChI=1S/C39H42N4O6/c44-35-16-14-32(33-15-17-37(46)42-38(33)35)36(45)26-40-25-27-8-6-11-30(24-27)48-23-7-20-43-21-18-29(19-22-43)49-39(47)41-34-13-5-4-12-31(34)28-9-2-1-3-10-28/h1-6,8-17,24,29,36,40,44-45H,7,18-23,25-26H2,(H,41,47)(H,42,46). The predicted octanol–water partition coefficient (Wildman–Crippen LogP) is 6.21. The average molecular weight is 663 g/mol. The normalized spacial score (nSPS) is 14.4. The number of nitrogens with one attached hydrogen (secondary N) is 3. The molecule has 10 nitrogen and oxygen atoms in total. The summed E-state index contributed by atoms with van der Waals surface area (Å²) in [4.78, 5) is 29.4. The van der Waals surface area contributed by atoms with Gasteiger partial charge < -0.3 is 34.9 Å². The summed E-state index contributed by atoms with van der Waals surface area (Å²) >= 11 is 0. The molecule has 1 aliphatic heterocycles. The van der Waals surface area contributed by atoms with Gasteiger partial charge in [0.2, 0.25) is 5.56 Å². The number of ether oxygens (including phenoxy) is 2. The molecular weight excluding hydrogens is 620 g/mol. The molecule has 1 saturated heterocycles. The number of anilines is 1. The number of piperidine rings is 1. The highest BCUT2D eigenvalue weighted by Crippen LogP contribution is 2.29.